The number of allylic oxidation sites excluding steroid dienone is 1. The molecule has 1 aliphatic heterocycles. The van der Waals surface area contributed by atoms with E-state index in [0.29, 0.717) is 24.4 Å². The summed E-state index contributed by atoms with van der Waals surface area (Å²) in [6.45, 7) is 11.3. The van der Waals surface area contributed by atoms with Gasteiger partial charge in [-0.15, -0.1) is 6.58 Å². The van der Waals surface area contributed by atoms with E-state index in [-0.39, 0.29) is 18.1 Å². The first-order valence-corrected chi connectivity index (χ1v) is 6.10. The molecule has 90 valence electrons. The average Bonchev–Trinajstić information content (AvgIpc) is 2.26. The molecule has 1 N–H and O–H groups in total. The zero-order chi connectivity index (χ0) is 11.9. The van der Waals surface area contributed by atoms with Gasteiger partial charge in [-0.25, -0.2) is 0 Å². The molecule has 0 amide bonds. The third kappa shape index (κ3) is 1.40. The molecular formula is C14H22O2. The summed E-state index contributed by atoms with van der Waals surface area (Å²) in [7, 11) is 0. The number of fused-ring (bicyclic) bond motifs is 2. The Morgan fingerprint density at radius 3 is 2.88 bits per heavy atom. The van der Waals surface area contributed by atoms with E-state index in [9.17, 15) is 5.11 Å². The first-order valence-electron chi connectivity index (χ1n) is 6.10. The number of aliphatic hydroxyl groups is 1. The van der Waals surface area contributed by atoms with Crippen molar-refractivity contribution in [1.29, 1.82) is 0 Å². The maximum atomic E-state index is 9.74. The van der Waals surface area contributed by atoms with E-state index in [1.165, 1.54) is 5.57 Å². The van der Waals surface area contributed by atoms with Gasteiger partial charge in [-0.05, 0) is 18.8 Å². The van der Waals surface area contributed by atoms with Gasteiger partial charge in [-0.2, -0.15) is 0 Å². The van der Waals surface area contributed by atoms with Gasteiger partial charge in [-0.3, -0.25) is 0 Å². The maximum absolute atomic E-state index is 9.74. The number of hydrogen-bond donors (Lipinski definition) is 1. The summed E-state index contributed by atoms with van der Waals surface area (Å²) in [5, 5.41) is 9.74. The first-order chi connectivity index (χ1) is 7.56. The third-order valence-corrected chi connectivity index (χ3v) is 4.82. The summed E-state index contributed by atoms with van der Waals surface area (Å²) in [6.07, 6.45) is 4.31. The predicted molar refractivity (Wildman–Crippen MR) is 65.0 cm³/mol. The normalized spacial score (nSPS) is 47.4. The van der Waals surface area contributed by atoms with E-state index in [1.54, 1.807) is 0 Å². The van der Waals surface area contributed by atoms with Crippen molar-refractivity contribution in [1.82, 2.24) is 0 Å². The summed E-state index contributed by atoms with van der Waals surface area (Å²) in [5.41, 5.74) is 1.29. The van der Waals surface area contributed by atoms with Gasteiger partial charge in [0.15, 0.2) is 0 Å². The van der Waals surface area contributed by atoms with Crippen LogP contribution in [0, 0.1) is 23.2 Å². The molecule has 0 aromatic heterocycles. The Labute approximate surface area is 98.0 Å². The lowest BCUT2D eigenvalue weighted by Gasteiger charge is -2.54. The van der Waals surface area contributed by atoms with Crippen LogP contribution in [0.2, 0.25) is 0 Å². The Bertz CT molecular complexity index is 321. The summed E-state index contributed by atoms with van der Waals surface area (Å²) in [6, 6.07) is 0. The van der Waals surface area contributed by atoms with Crippen molar-refractivity contribution in [3.05, 3.63) is 24.3 Å². The third-order valence-electron chi connectivity index (χ3n) is 4.82. The molecule has 0 saturated carbocycles. The van der Waals surface area contributed by atoms with Gasteiger partial charge in [-0.1, -0.05) is 31.6 Å². The molecular weight excluding hydrogens is 200 g/mol. The molecule has 2 aliphatic rings. The second-order valence-electron chi connectivity index (χ2n) is 5.42. The number of aliphatic hydroxyl groups excluding tert-OH is 1. The quantitative estimate of drug-likeness (QED) is 0.727. The number of ether oxygens (including phenoxy) is 1. The molecule has 0 aromatic rings. The van der Waals surface area contributed by atoms with Gasteiger partial charge in [0.2, 0.25) is 0 Å². The van der Waals surface area contributed by atoms with Crippen LogP contribution in [0.1, 0.15) is 20.8 Å². The van der Waals surface area contributed by atoms with Crippen LogP contribution >= 0.6 is 0 Å². The van der Waals surface area contributed by atoms with Crippen molar-refractivity contribution in [3.63, 3.8) is 0 Å². The zero-order valence-electron chi connectivity index (χ0n) is 10.4. The second-order valence-corrected chi connectivity index (χ2v) is 5.42. The molecule has 1 heterocycles. The lowest BCUT2D eigenvalue weighted by atomic mass is 9.56. The van der Waals surface area contributed by atoms with E-state index in [2.05, 4.69) is 33.4 Å². The second kappa shape index (κ2) is 4.01. The highest BCUT2D eigenvalue weighted by Crippen LogP contribution is 2.52. The van der Waals surface area contributed by atoms with E-state index >= 15 is 0 Å². The Kier molecular flexibility index (Phi) is 2.97. The smallest absolute Gasteiger partial charge is 0.0821 e. The van der Waals surface area contributed by atoms with Crippen LogP contribution < -0.4 is 0 Å². The standard InChI is InChI=1S/C14H22O2/c1-5-12-13-9(2)6-10(3)14(7-15,8-16-12)11(13)4/h5-6,10-13,15H,1,7-8H2,2-4H3/t10-,11-,12-,13+,14+/m0/s1. The van der Waals surface area contributed by atoms with Crippen molar-refractivity contribution < 1.29 is 9.84 Å². The number of rotatable bonds is 2. The predicted octanol–water partition coefficient (Wildman–Crippen LogP) is 2.40. The van der Waals surface area contributed by atoms with Crippen molar-refractivity contribution in [2.24, 2.45) is 23.2 Å². The monoisotopic (exact) mass is 222 g/mol. The Morgan fingerprint density at radius 2 is 2.31 bits per heavy atom. The van der Waals surface area contributed by atoms with Gasteiger partial charge in [0, 0.05) is 11.3 Å². The van der Waals surface area contributed by atoms with E-state index in [0.717, 1.165) is 0 Å². The summed E-state index contributed by atoms with van der Waals surface area (Å²) >= 11 is 0. The first kappa shape index (κ1) is 11.9. The van der Waals surface area contributed by atoms with E-state index in [1.807, 2.05) is 6.08 Å². The van der Waals surface area contributed by atoms with Crippen LogP contribution in [0.15, 0.2) is 24.3 Å². The fraction of sp³-hybridized carbons (Fsp3) is 0.714. The molecule has 0 aromatic carbocycles. The van der Waals surface area contributed by atoms with Crippen LogP contribution in [-0.2, 0) is 4.74 Å². The summed E-state index contributed by atoms with van der Waals surface area (Å²) in [4.78, 5) is 0. The maximum Gasteiger partial charge on any atom is 0.0821 e. The number of hydrogen-bond acceptors (Lipinski definition) is 2. The molecule has 5 atom stereocenters. The lowest BCUT2D eigenvalue weighted by Crippen LogP contribution is -2.55. The van der Waals surface area contributed by atoms with Crippen LogP contribution in [0.4, 0.5) is 0 Å². The SMILES string of the molecule is C=C[C@@H]1OC[C@]2(CO)[C@@H](C)C=C(C)[C@@H]1[C@@H]2C. The van der Waals surface area contributed by atoms with Crippen LogP contribution in [0.3, 0.4) is 0 Å². The Morgan fingerprint density at radius 1 is 1.62 bits per heavy atom. The molecule has 0 unspecified atom stereocenters. The molecule has 2 rings (SSSR count). The van der Waals surface area contributed by atoms with Crippen molar-refractivity contribution >= 4 is 0 Å². The van der Waals surface area contributed by atoms with Gasteiger partial charge >= 0.3 is 0 Å². The highest BCUT2D eigenvalue weighted by atomic mass is 16.5. The van der Waals surface area contributed by atoms with E-state index in [4.69, 9.17) is 4.74 Å². The fourth-order valence-corrected chi connectivity index (χ4v) is 3.55. The highest BCUT2D eigenvalue weighted by Gasteiger charge is 2.52. The fourth-order valence-electron chi connectivity index (χ4n) is 3.55. The summed E-state index contributed by atoms with van der Waals surface area (Å²) < 4.78 is 5.88. The topological polar surface area (TPSA) is 29.5 Å². The molecule has 16 heavy (non-hydrogen) atoms. The van der Waals surface area contributed by atoms with Crippen LogP contribution in [-0.4, -0.2) is 24.4 Å². The van der Waals surface area contributed by atoms with Crippen LogP contribution in [0.5, 0.6) is 0 Å². The molecule has 2 heteroatoms. The highest BCUT2D eigenvalue weighted by molar-refractivity contribution is 5.22. The minimum atomic E-state index is -0.0936. The molecule has 0 spiro atoms. The van der Waals surface area contributed by atoms with Gasteiger partial charge < -0.3 is 9.84 Å². The molecule has 2 bridgehead atoms. The van der Waals surface area contributed by atoms with Gasteiger partial charge in [0.05, 0.1) is 19.3 Å². The minimum absolute atomic E-state index is 0.0936. The molecule has 1 saturated heterocycles. The van der Waals surface area contributed by atoms with E-state index < -0.39 is 0 Å². The molecule has 1 fully saturated rings. The van der Waals surface area contributed by atoms with Gasteiger partial charge in [0.1, 0.15) is 0 Å². The van der Waals surface area contributed by atoms with Crippen molar-refractivity contribution in [3.8, 4) is 0 Å². The summed E-state index contributed by atoms with van der Waals surface area (Å²) in [5.74, 6) is 1.22. The van der Waals surface area contributed by atoms with Crippen molar-refractivity contribution in [2.75, 3.05) is 13.2 Å². The van der Waals surface area contributed by atoms with Crippen molar-refractivity contribution in [2.45, 2.75) is 26.9 Å². The largest absolute Gasteiger partial charge is 0.396 e. The molecule has 2 nitrogen and oxygen atoms in total. The lowest BCUT2D eigenvalue weighted by molar-refractivity contribution is -0.148. The van der Waals surface area contributed by atoms with Crippen LogP contribution in [0.25, 0.3) is 0 Å². The molecule has 0 radical (unpaired) electrons. The zero-order valence-corrected chi connectivity index (χ0v) is 10.4. The minimum Gasteiger partial charge on any atom is -0.396 e. The average molecular weight is 222 g/mol. The van der Waals surface area contributed by atoms with Gasteiger partial charge in [0.25, 0.3) is 0 Å². The Balaban J connectivity index is 2.44. The Hall–Kier alpha value is -0.600. The molecule has 1 aliphatic carbocycles.